The SMILES string of the molecule is O=C(O)c1nnn(-c2ccc(F)cc2Cl)c1C1CC1. The van der Waals surface area contributed by atoms with Crippen LogP contribution in [-0.4, -0.2) is 26.1 Å². The van der Waals surface area contributed by atoms with Gasteiger partial charge in [0.2, 0.25) is 0 Å². The van der Waals surface area contributed by atoms with E-state index in [2.05, 4.69) is 10.3 Å². The molecular formula is C12H9ClFN3O2. The number of carboxylic acid groups (broad SMARTS) is 1. The Morgan fingerprint density at radius 2 is 2.21 bits per heavy atom. The van der Waals surface area contributed by atoms with Crippen LogP contribution in [0.1, 0.15) is 34.9 Å². The number of aromatic nitrogens is 3. The first-order valence-electron chi connectivity index (χ1n) is 5.72. The van der Waals surface area contributed by atoms with E-state index in [-0.39, 0.29) is 16.6 Å². The van der Waals surface area contributed by atoms with E-state index in [1.807, 2.05) is 0 Å². The van der Waals surface area contributed by atoms with Crippen molar-refractivity contribution in [1.29, 1.82) is 0 Å². The first kappa shape index (κ1) is 12.1. The number of aromatic carboxylic acids is 1. The number of rotatable bonds is 3. The summed E-state index contributed by atoms with van der Waals surface area (Å²) < 4.78 is 14.4. The average Bonchev–Trinajstić information content (AvgIpc) is 3.08. The van der Waals surface area contributed by atoms with Crippen molar-refractivity contribution >= 4 is 17.6 Å². The maximum absolute atomic E-state index is 13.0. The summed E-state index contributed by atoms with van der Waals surface area (Å²) in [5, 5.41) is 16.8. The molecule has 1 fully saturated rings. The Hall–Kier alpha value is -1.95. The number of carbonyl (C=O) groups is 1. The number of carboxylic acids is 1. The molecule has 0 bridgehead atoms. The Kier molecular flexibility index (Phi) is 2.74. The molecule has 5 nitrogen and oxygen atoms in total. The number of hydrogen-bond donors (Lipinski definition) is 1. The van der Waals surface area contributed by atoms with Crippen molar-refractivity contribution in [2.24, 2.45) is 0 Å². The zero-order valence-electron chi connectivity index (χ0n) is 9.68. The van der Waals surface area contributed by atoms with Crippen LogP contribution in [0.25, 0.3) is 5.69 Å². The molecule has 0 aliphatic heterocycles. The molecule has 1 aliphatic rings. The Morgan fingerprint density at radius 3 is 2.79 bits per heavy atom. The fourth-order valence-corrected chi connectivity index (χ4v) is 2.24. The van der Waals surface area contributed by atoms with Gasteiger partial charge < -0.3 is 5.11 Å². The quantitative estimate of drug-likeness (QED) is 0.939. The average molecular weight is 282 g/mol. The molecule has 19 heavy (non-hydrogen) atoms. The summed E-state index contributed by atoms with van der Waals surface area (Å²) in [6, 6.07) is 3.87. The summed E-state index contributed by atoms with van der Waals surface area (Å²) in [6.45, 7) is 0. The van der Waals surface area contributed by atoms with E-state index in [0.29, 0.717) is 11.4 Å². The van der Waals surface area contributed by atoms with E-state index in [1.165, 1.54) is 16.8 Å². The molecule has 0 saturated heterocycles. The van der Waals surface area contributed by atoms with Gasteiger partial charge in [-0.15, -0.1) is 5.10 Å². The monoisotopic (exact) mass is 281 g/mol. The van der Waals surface area contributed by atoms with Crippen molar-refractivity contribution in [3.63, 3.8) is 0 Å². The molecule has 0 spiro atoms. The largest absolute Gasteiger partial charge is 0.476 e. The Morgan fingerprint density at radius 1 is 1.47 bits per heavy atom. The molecule has 1 saturated carbocycles. The van der Waals surface area contributed by atoms with E-state index in [1.54, 1.807) is 0 Å². The number of halogens is 2. The van der Waals surface area contributed by atoms with E-state index in [0.717, 1.165) is 18.9 Å². The normalized spacial score (nSPS) is 14.6. The van der Waals surface area contributed by atoms with E-state index in [4.69, 9.17) is 16.7 Å². The second-order valence-corrected chi connectivity index (χ2v) is 4.82. The third-order valence-electron chi connectivity index (χ3n) is 3.01. The molecule has 1 aliphatic carbocycles. The van der Waals surface area contributed by atoms with Crippen molar-refractivity contribution in [3.8, 4) is 5.69 Å². The highest BCUT2D eigenvalue weighted by Crippen LogP contribution is 2.42. The summed E-state index contributed by atoms with van der Waals surface area (Å²) in [7, 11) is 0. The number of benzene rings is 1. The topological polar surface area (TPSA) is 68.0 Å². The summed E-state index contributed by atoms with van der Waals surface area (Å²) in [4.78, 5) is 11.1. The highest BCUT2D eigenvalue weighted by atomic mass is 35.5. The van der Waals surface area contributed by atoms with Gasteiger partial charge >= 0.3 is 5.97 Å². The maximum atomic E-state index is 13.0. The van der Waals surface area contributed by atoms with Crippen LogP contribution in [0.5, 0.6) is 0 Å². The molecule has 1 aromatic heterocycles. The fourth-order valence-electron chi connectivity index (χ4n) is 2.00. The molecule has 0 amide bonds. The van der Waals surface area contributed by atoms with Gasteiger partial charge in [-0.2, -0.15) is 0 Å². The van der Waals surface area contributed by atoms with Crippen LogP contribution >= 0.6 is 11.6 Å². The lowest BCUT2D eigenvalue weighted by molar-refractivity contribution is 0.0689. The van der Waals surface area contributed by atoms with Crippen molar-refractivity contribution in [2.45, 2.75) is 18.8 Å². The fraction of sp³-hybridized carbons (Fsp3) is 0.250. The number of hydrogen-bond acceptors (Lipinski definition) is 3. The maximum Gasteiger partial charge on any atom is 0.358 e. The molecule has 1 aromatic carbocycles. The first-order valence-corrected chi connectivity index (χ1v) is 6.10. The minimum Gasteiger partial charge on any atom is -0.476 e. The van der Waals surface area contributed by atoms with Crippen molar-refractivity contribution in [2.75, 3.05) is 0 Å². The van der Waals surface area contributed by atoms with Crippen molar-refractivity contribution in [1.82, 2.24) is 15.0 Å². The van der Waals surface area contributed by atoms with Crippen molar-refractivity contribution in [3.05, 3.63) is 40.4 Å². The van der Waals surface area contributed by atoms with Crippen molar-refractivity contribution < 1.29 is 14.3 Å². The van der Waals surface area contributed by atoms with E-state index in [9.17, 15) is 9.18 Å². The first-order chi connectivity index (χ1) is 9.08. The predicted molar refractivity (Wildman–Crippen MR) is 65.3 cm³/mol. The molecular weight excluding hydrogens is 273 g/mol. The zero-order valence-corrected chi connectivity index (χ0v) is 10.4. The lowest BCUT2D eigenvalue weighted by Gasteiger charge is -2.07. The van der Waals surface area contributed by atoms with Crippen LogP contribution in [0.4, 0.5) is 4.39 Å². The standard InChI is InChI=1S/C12H9ClFN3O2/c13-8-5-7(14)3-4-9(8)17-11(6-1-2-6)10(12(18)19)15-16-17/h3-6H,1-2H2,(H,18,19). The van der Waals surface area contributed by atoms with Crippen LogP contribution in [0.2, 0.25) is 5.02 Å². The highest BCUT2D eigenvalue weighted by molar-refractivity contribution is 6.32. The number of nitrogens with zero attached hydrogens (tertiary/aromatic N) is 3. The Labute approximate surface area is 112 Å². The van der Waals surface area contributed by atoms with Crippen LogP contribution in [-0.2, 0) is 0 Å². The molecule has 2 aromatic rings. The Bertz CT molecular complexity index is 667. The van der Waals surface area contributed by atoms with Gasteiger partial charge in [0, 0.05) is 5.92 Å². The van der Waals surface area contributed by atoms with Crippen LogP contribution in [0.15, 0.2) is 18.2 Å². The summed E-state index contributed by atoms with van der Waals surface area (Å²) in [5.74, 6) is -1.45. The molecule has 0 radical (unpaired) electrons. The van der Waals surface area contributed by atoms with E-state index < -0.39 is 11.8 Å². The van der Waals surface area contributed by atoms with Gasteiger partial charge in [-0.25, -0.2) is 13.9 Å². The summed E-state index contributed by atoms with van der Waals surface area (Å²) in [6.07, 6.45) is 1.79. The third-order valence-corrected chi connectivity index (χ3v) is 3.31. The van der Waals surface area contributed by atoms with Crippen LogP contribution < -0.4 is 0 Å². The van der Waals surface area contributed by atoms with Gasteiger partial charge in [0.15, 0.2) is 5.69 Å². The van der Waals surface area contributed by atoms with Gasteiger partial charge in [-0.05, 0) is 31.0 Å². The molecule has 0 atom stereocenters. The zero-order chi connectivity index (χ0) is 13.6. The minimum absolute atomic E-state index is 0.0668. The van der Waals surface area contributed by atoms with Gasteiger partial charge in [-0.3, -0.25) is 0 Å². The highest BCUT2D eigenvalue weighted by Gasteiger charge is 2.34. The van der Waals surface area contributed by atoms with Gasteiger partial charge in [-0.1, -0.05) is 16.8 Å². The lowest BCUT2D eigenvalue weighted by Crippen LogP contribution is -2.06. The summed E-state index contributed by atoms with van der Waals surface area (Å²) >= 11 is 5.97. The van der Waals surface area contributed by atoms with Gasteiger partial charge in [0.1, 0.15) is 5.82 Å². The smallest absolute Gasteiger partial charge is 0.358 e. The van der Waals surface area contributed by atoms with Crippen LogP contribution in [0, 0.1) is 5.82 Å². The summed E-state index contributed by atoms with van der Waals surface area (Å²) in [5.41, 5.74) is 0.897. The lowest BCUT2D eigenvalue weighted by atomic mass is 10.2. The Balaban J connectivity index is 2.17. The molecule has 98 valence electrons. The van der Waals surface area contributed by atoms with Gasteiger partial charge in [0.25, 0.3) is 0 Å². The third kappa shape index (κ3) is 2.08. The van der Waals surface area contributed by atoms with Crippen LogP contribution in [0.3, 0.4) is 0 Å². The molecule has 1 N–H and O–H groups in total. The molecule has 0 unspecified atom stereocenters. The minimum atomic E-state index is -1.12. The molecule has 3 rings (SSSR count). The molecule has 1 heterocycles. The second-order valence-electron chi connectivity index (χ2n) is 4.41. The predicted octanol–water partition coefficient (Wildman–Crippen LogP) is 2.64. The van der Waals surface area contributed by atoms with E-state index >= 15 is 0 Å². The van der Waals surface area contributed by atoms with Gasteiger partial charge in [0.05, 0.1) is 16.4 Å². The second kappa shape index (κ2) is 4.31. The molecule has 7 heteroatoms.